The van der Waals surface area contributed by atoms with Crippen LogP contribution in [0.3, 0.4) is 0 Å². The molecule has 6 nitrogen and oxygen atoms in total. The molecule has 1 atom stereocenters. The summed E-state index contributed by atoms with van der Waals surface area (Å²) in [6, 6.07) is 0.448. The lowest BCUT2D eigenvalue weighted by atomic mass is 10.2. The first-order chi connectivity index (χ1) is 8.76. The zero-order chi connectivity index (χ0) is 13.2. The van der Waals surface area contributed by atoms with Gasteiger partial charge in [-0.05, 0) is 19.4 Å². The number of carbonyl (C=O) groups is 1. The third-order valence-electron chi connectivity index (χ3n) is 3.05. The molecule has 6 heteroatoms. The van der Waals surface area contributed by atoms with Gasteiger partial charge in [-0.2, -0.15) is 0 Å². The Labute approximate surface area is 109 Å². The van der Waals surface area contributed by atoms with Crippen molar-refractivity contribution in [2.24, 2.45) is 0 Å². The minimum Gasteiger partial charge on any atom is -0.395 e. The van der Waals surface area contributed by atoms with Crippen LogP contribution in [-0.4, -0.2) is 75.0 Å². The van der Waals surface area contributed by atoms with Gasteiger partial charge in [-0.1, -0.05) is 0 Å². The Balaban J connectivity index is 2.24. The van der Waals surface area contributed by atoms with E-state index in [2.05, 4.69) is 10.6 Å². The number of hydrogen-bond donors (Lipinski definition) is 3. The normalized spacial score (nSPS) is 19.4. The Kier molecular flexibility index (Phi) is 7.91. The van der Waals surface area contributed by atoms with Crippen molar-refractivity contribution in [3.05, 3.63) is 0 Å². The standard InChI is InChI=1S/C12H25N3O3/c1-18-8-5-14-12(17)10-15(6-7-16)9-11-3-2-4-13-11/h11,13,16H,2-10H2,1H3,(H,14,17). The number of methoxy groups -OCH3 is 1. The number of rotatable bonds is 9. The van der Waals surface area contributed by atoms with Gasteiger partial charge in [0.25, 0.3) is 0 Å². The molecule has 18 heavy (non-hydrogen) atoms. The first-order valence-electron chi connectivity index (χ1n) is 6.58. The van der Waals surface area contributed by atoms with Gasteiger partial charge in [-0.15, -0.1) is 0 Å². The molecule has 0 spiro atoms. The summed E-state index contributed by atoms with van der Waals surface area (Å²) in [6.45, 7) is 3.88. The average Bonchev–Trinajstić information content (AvgIpc) is 2.82. The van der Waals surface area contributed by atoms with Crippen LogP contribution in [0.15, 0.2) is 0 Å². The number of ether oxygens (including phenoxy) is 1. The molecule has 0 bridgehead atoms. The number of carbonyl (C=O) groups excluding carboxylic acids is 1. The molecule has 1 rings (SSSR count). The smallest absolute Gasteiger partial charge is 0.234 e. The predicted molar refractivity (Wildman–Crippen MR) is 69.4 cm³/mol. The summed E-state index contributed by atoms with van der Waals surface area (Å²) in [6.07, 6.45) is 2.34. The quantitative estimate of drug-likeness (QED) is 0.453. The molecule has 0 aromatic rings. The van der Waals surface area contributed by atoms with E-state index in [1.54, 1.807) is 7.11 Å². The highest BCUT2D eigenvalue weighted by molar-refractivity contribution is 5.77. The number of aliphatic hydroxyl groups excluding tert-OH is 1. The Morgan fingerprint density at radius 1 is 1.61 bits per heavy atom. The maximum Gasteiger partial charge on any atom is 0.234 e. The van der Waals surface area contributed by atoms with E-state index in [9.17, 15) is 4.79 Å². The lowest BCUT2D eigenvalue weighted by Crippen LogP contribution is -2.44. The molecule has 106 valence electrons. The molecule has 0 aliphatic carbocycles. The van der Waals surface area contributed by atoms with Gasteiger partial charge in [0.1, 0.15) is 0 Å². The SMILES string of the molecule is COCCNC(=O)CN(CCO)CC1CCCN1. The van der Waals surface area contributed by atoms with E-state index in [0.29, 0.717) is 32.3 Å². The first-order valence-corrected chi connectivity index (χ1v) is 6.58. The van der Waals surface area contributed by atoms with Crippen LogP contribution >= 0.6 is 0 Å². The first kappa shape index (κ1) is 15.4. The predicted octanol–water partition coefficient (Wildman–Crippen LogP) is -1.20. The van der Waals surface area contributed by atoms with Crippen LogP contribution in [0.25, 0.3) is 0 Å². The molecule has 1 aliphatic rings. The number of amides is 1. The summed E-state index contributed by atoms with van der Waals surface area (Å²) < 4.78 is 4.87. The van der Waals surface area contributed by atoms with Crippen molar-refractivity contribution in [2.45, 2.75) is 18.9 Å². The van der Waals surface area contributed by atoms with Gasteiger partial charge in [-0.25, -0.2) is 0 Å². The van der Waals surface area contributed by atoms with Crippen LogP contribution < -0.4 is 10.6 Å². The molecule has 0 radical (unpaired) electrons. The molecule has 1 fully saturated rings. The minimum absolute atomic E-state index is 0.0153. The molecule has 1 unspecified atom stereocenters. The van der Waals surface area contributed by atoms with Crippen molar-refractivity contribution in [2.75, 3.05) is 53.0 Å². The van der Waals surface area contributed by atoms with Gasteiger partial charge in [0.15, 0.2) is 0 Å². The van der Waals surface area contributed by atoms with Crippen molar-refractivity contribution in [3.8, 4) is 0 Å². The summed E-state index contributed by atoms with van der Waals surface area (Å²) in [5, 5.41) is 15.2. The zero-order valence-electron chi connectivity index (χ0n) is 11.2. The molecule has 1 amide bonds. The fraction of sp³-hybridized carbons (Fsp3) is 0.917. The molecule has 0 aromatic carbocycles. The highest BCUT2D eigenvalue weighted by Crippen LogP contribution is 2.06. The van der Waals surface area contributed by atoms with Crippen LogP contribution in [0.4, 0.5) is 0 Å². The van der Waals surface area contributed by atoms with Crippen molar-refractivity contribution >= 4 is 5.91 Å². The summed E-state index contributed by atoms with van der Waals surface area (Å²) in [5.41, 5.74) is 0. The molecule has 0 saturated carbocycles. The van der Waals surface area contributed by atoms with Gasteiger partial charge in [0.05, 0.1) is 19.8 Å². The van der Waals surface area contributed by atoms with Crippen LogP contribution in [-0.2, 0) is 9.53 Å². The molecule has 3 N–H and O–H groups in total. The maximum atomic E-state index is 11.7. The molecular weight excluding hydrogens is 234 g/mol. The second-order valence-corrected chi connectivity index (χ2v) is 4.59. The number of aliphatic hydroxyl groups is 1. The van der Waals surface area contributed by atoms with E-state index < -0.39 is 0 Å². The fourth-order valence-electron chi connectivity index (χ4n) is 2.15. The van der Waals surface area contributed by atoms with Gasteiger partial charge in [0.2, 0.25) is 5.91 Å². The van der Waals surface area contributed by atoms with Gasteiger partial charge >= 0.3 is 0 Å². The summed E-state index contributed by atoms with van der Waals surface area (Å²) in [4.78, 5) is 13.7. The Hall–Kier alpha value is -0.690. The Bertz CT molecular complexity index is 233. The van der Waals surface area contributed by atoms with Crippen LogP contribution in [0, 0.1) is 0 Å². The fourth-order valence-corrected chi connectivity index (χ4v) is 2.15. The Morgan fingerprint density at radius 2 is 2.44 bits per heavy atom. The van der Waals surface area contributed by atoms with Gasteiger partial charge < -0.3 is 20.5 Å². The summed E-state index contributed by atoms with van der Waals surface area (Å²) >= 11 is 0. The van der Waals surface area contributed by atoms with Crippen molar-refractivity contribution < 1.29 is 14.6 Å². The van der Waals surface area contributed by atoms with Gasteiger partial charge in [0, 0.05) is 32.8 Å². The number of nitrogens with zero attached hydrogens (tertiary/aromatic N) is 1. The highest BCUT2D eigenvalue weighted by atomic mass is 16.5. The van der Waals surface area contributed by atoms with E-state index >= 15 is 0 Å². The van der Waals surface area contributed by atoms with Crippen LogP contribution in [0.2, 0.25) is 0 Å². The van der Waals surface area contributed by atoms with E-state index in [4.69, 9.17) is 9.84 Å². The third kappa shape index (κ3) is 6.30. The lowest BCUT2D eigenvalue weighted by Gasteiger charge is -2.24. The second-order valence-electron chi connectivity index (χ2n) is 4.59. The van der Waals surface area contributed by atoms with Gasteiger partial charge in [-0.3, -0.25) is 9.69 Å². The third-order valence-corrected chi connectivity index (χ3v) is 3.05. The van der Waals surface area contributed by atoms with E-state index in [0.717, 1.165) is 19.5 Å². The van der Waals surface area contributed by atoms with Crippen molar-refractivity contribution in [1.29, 1.82) is 0 Å². The van der Waals surface area contributed by atoms with Crippen molar-refractivity contribution in [3.63, 3.8) is 0 Å². The summed E-state index contributed by atoms with van der Waals surface area (Å²) in [5.74, 6) is -0.0153. The van der Waals surface area contributed by atoms with Crippen molar-refractivity contribution in [1.82, 2.24) is 15.5 Å². The van der Waals surface area contributed by atoms with E-state index in [1.807, 2.05) is 4.90 Å². The monoisotopic (exact) mass is 259 g/mol. The largest absolute Gasteiger partial charge is 0.395 e. The second kappa shape index (κ2) is 9.27. The lowest BCUT2D eigenvalue weighted by molar-refractivity contribution is -0.122. The molecule has 1 saturated heterocycles. The molecule has 0 aromatic heterocycles. The number of nitrogens with one attached hydrogen (secondary N) is 2. The number of hydrogen-bond acceptors (Lipinski definition) is 5. The van der Waals surface area contributed by atoms with E-state index in [1.165, 1.54) is 6.42 Å². The summed E-state index contributed by atoms with van der Waals surface area (Å²) in [7, 11) is 1.61. The maximum absolute atomic E-state index is 11.7. The molecular formula is C12H25N3O3. The highest BCUT2D eigenvalue weighted by Gasteiger charge is 2.19. The Morgan fingerprint density at radius 3 is 3.06 bits per heavy atom. The van der Waals surface area contributed by atoms with Crippen LogP contribution in [0.1, 0.15) is 12.8 Å². The molecule has 1 aliphatic heterocycles. The topological polar surface area (TPSA) is 73.8 Å². The molecule has 1 heterocycles. The zero-order valence-corrected chi connectivity index (χ0v) is 11.2. The van der Waals surface area contributed by atoms with E-state index in [-0.39, 0.29) is 12.5 Å². The van der Waals surface area contributed by atoms with Crippen LogP contribution in [0.5, 0.6) is 0 Å². The minimum atomic E-state index is -0.0153. The average molecular weight is 259 g/mol.